The molecule has 3 aliphatic rings. The van der Waals surface area contributed by atoms with E-state index < -0.39 is 0 Å². The Labute approximate surface area is 180 Å². The fourth-order valence-corrected chi connectivity index (χ4v) is 4.76. The number of benzene rings is 1. The van der Waals surface area contributed by atoms with Crippen LogP contribution in [0.25, 0.3) is 5.65 Å². The number of fused-ring (bicyclic) bond motifs is 2. The van der Waals surface area contributed by atoms with Gasteiger partial charge in [0.05, 0.1) is 42.9 Å². The average molecular weight is 422 g/mol. The van der Waals surface area contributed by atoms with Crippen LogP contribution in [0, 0.1) is 0 Å². The van der Waals surface area contributed by atoms with Crippen LogP contribution in [0.1, 0.15) is 49.7 Å². The minimum absolute atomic E-state index is 0.0286. The summed E-state index contributed by atoms with van der Waals surface area (Å²) in [5, 5.41) is 2.86. The molecular weight excluding hydrogens is 396 g/mol. The molecule has 3 aromatic rings. The predicted molar refractivity (Wildman–Crippen MR) is 115 cm³/mol. The van der Waals surface area contributed by atoms with Gasteiger partial charge in [-0.15, -0.1) is 0 Å². The van der Waals surface area contributed by atoms with E-state index in [2.05, 4.69) is 17.2 Å². The van der Waals surface area contributed by atoms with Crippen molar-refractivity contribution in [2.24, 2.45) is 0 Å². The van der Waals surface area contributed by atoms with Crippen LogP contribution >= 0.6 is 0 Å². The maximum absolute atomic E-state index is 12.9. The van der Waals surface area contributed by atoms with Crippen molar-refractivity contribution in [1.82, 2.24) is 14.4 Å². The van der Waals surface area contributed by atoms with Crippen LogP contribution in [-0.4, -0.2) is 45.7 Å². The molecule has 1 saturated carbocycles. The first kappa shape index (κ1) is 19.8. The molecule has 0 spiro atoms. The van der Waals surface area contributed by atoms with Crippen molar-refractivity contribution in [2.45, 2.75) is 50.7 Å². The summed E-state index contributed by atoms with van der Waals surface area (Å²) in [4.78, 5) is 22.3. The number of imidazole rings is 1. The summed E-state index contributed by atoms with van der Waals surface area (Å²) < 4.78 is 19.1. The zero-order valence-corrected chi connectivity index (χ0v) is 18.1. The topological polar surface area (TPSA) is 87.0 Å². The minimum atomic E-state index is -0.308. The smallest absolute Gasteiger partial charge is 0.260 e. The zero-order chi connectivity index (χ0) is 21.8. The van der Waals surface area contributed by atoms with E-state index in [9.17, 15) is 4.79 Å². The van der Waals surface area contributed by atoms with Crippen LogP contribution in [-0.2, 0) is 10.2 Å². The lowest BCUT2D eigenvalue weighted by Gasteiger charge is -2.41. The Morgan fingerprint density at radius 3 is 2.68 bits per heavy atom. The second kappa shape index (κ2) is 6.95. The van der Waals surface area contributed by atoms with Crippen molar-refractivity contribution in [3.63, 3.8) is 0 Å². The molecule has 2 aliphatic heterocycles. The Bertz CT molecular complexity index is 1160. The van der Waals surface area contributed by atoms with Gasteiger partial charge in [-0.2, -0.15) is 4.98 Å². The summed E-state index contributed by atoms with van der Waals surface area (Å²) in [6, 6.07) is 7.06. The average Bonchev–Trinajstić information content (AvgIpc) is 3.38. The van der Waals surface area contributed by atoms with Gasteiger partial charge >= 0.3 is 0 Å². The number of methoxy groups -OCH3 is 1. The van der Waals surface area contributed by atoms with Gasteiger partial charge in [-0.3, -0.25) is 9.20 Å². The molecule has 3 fully saturated rings. The standard InChI is InChI=1S/C23H26N4O4/c1-14(2)31-21-19-24-17(23-11-22(3,12-23)30-13-23)9-27(19)10-18(26-21)25-20(28)15-7-5-6-8-16(15)29-4/h5-10,14H,11-13H2,1-4H3,(H,25,28). The summed E-state index contributed by atoms with van der Waals surface area (Å²) in [5.74, 6) is 0.953. The van der Waals surface area contributed by atoms with Gasteiger partial charge in [-0.25, -0.2) is 4.98 Å². The number of hydrogen-bond donors (Lipinski definition) is 1. The van der Waals surface area contributed by atoms with Crippen LogP contribution in [0.2, 0.25) is 0 Å². The van der Waals surface area contributed by atoms with Crippen molar-refractivity contribution < 1.29 is 19.0 Å². The molecule has 2 aromatic heterocycles. The molecule has 0 radical (unpaired) electrons. The number of amides is 1. The molecule has 0 atom stereocenters. The van der Waals surface area contributed by atoms with E-state index >= 15 is 0 Å². The van der Waals surface area contributed by atoms with Gasteiger partial charge in [-0.05, 0) is 45.7 Å². The maximum Gasteiger partial charge on any atom is 0.260 e. The third-order valence-electron chi connectivity index (χ3n) is 6.01. The Balaban J connectivity index is 1.51. The number of hydrogen-bond acceptors (Lipinski definition) is 6. The summed E-state index contributed by atoms with van der Waals surface area (Å²) >= 11 is 0. The minimum Gasteiger partial charge on any atom is -0.496 e. The molecule has 2 bridgehead atoms. The van der Waals surface area contributed by atoms with E-state index in [1.165, 1.54) is 7.11 Å². The van der Waals surface area contributed by atoms with Crippen LogP contribution < -0.4 is 14.8 Å². The monoisotopic (exact) mass is 422 g/mol. The molecule has 4 heterocycles. The first-order valence-corrected chi connectivity index (χ1v) is 10.5. The number of para-hydroxylation sites is 1. The fraction of sp³-hybridized carbons (Fsp3) is 0.435. The summed E-state index contributed by atoms with van der Waals surface area (Å²) in [7, 11) is 1.54. The van der Waals surface area contributed by atoms with E-state index in [-0.39, 0.29) is 23.0 Å². The molecule has 2 saturated heterocycles. The number of anilines is 1. The van der Waals surface area contributed by atoms with Gasteiger partial charge in [0.15, 0.2) is 5.82 Å². The lowest BCUT2D eigenvalue weighted by atomic mass is 9.62. The third kappa shape index (κ3) is 3.31. The van der Waals surface area contributed by atoms with Crippen LogP contribution in [0.15, 0.2) is 36.7 Å². The van der Waals surface area contributed by atoms with Crippen LogP contribution in [0.3, 0.4) is 0 Å². The van der Waals surface area contributed by atoms with E-state index in [4.69, 9.17) is 19.2 Å². The summed E-state index contributed by atoms with van der Waals surface area (Å²) in [6.07, 6.45) is 5.61. The highest BCUT2D eigenvalue weighted by Gasteiger charge is 2.61. The molecule has 6 rings (SSSR count). The van der Waals surface area contributed by atoms with Gasteiger partial charge in [0, 0.05) is 11.6 Å². The van der Waals surface area contributed by atoms with E-state index in [0.29, 0.717) is 35.3 Å². The Kier molecular flexibility index (Phi) is 4.44. The molecule has 1 amide bonds. The predicted octanol–water partition coefficient (Wildman–Crippen LogP) is 3.60. The molecule has 31 heavy (non-hydrogen) atoms. The van der Waals surface area contributed by atoms with E-state index in [0.717, 1.165) is 18.5 Å². The first-order valence-electron chi connectivity index (χ1n) is 10.5. The number of carbonyl (C=O) groups is 1. The second-order valence-electron chi connectivity index (χ2n) is 8.98. The third-order valence-corrected chi connectivity index (χ3v) is 6.01. The molecule has 1 aliphatic carbocycles. The number of ether oxygens (including phenoxy) is 3. The summed E-state index contributed by atoms with van der Waals surface area (Å²) in [5.41, 5.74) is 1.97. The van der Waals surface area contributed by atoms with Crippen molar-refractivity contribution in [3.05, 3.63) is 47.9 Å². The van der Waals surface area contributed by atoms with Gasteiger partial charge in [0.1, 0.15) is 5.75 Å². The highest BCUT2D eigenvalue weighted by molar-refractivity contribution is 6.05. The van der Waals surface area contributed by atoms with Crippen LogP contribution in [0.4, 0.5) is 5.82 Å². The highest BCUT2D eigenvalue weighted by atomic mass is 16.5. The van der Waals surface area contributed by atoms with E-state index in [1.807, 2.05) is 30.5 Å². The quantitative estimate of drug-likeness (QED) is 0.653. The highest BCUT2D eigenvalue weighted by Crippen LogP contribution is 2.58. The molecule has 8 nitrogen and oxygen atoms in total. The lowest BCUT2D eigenvalue weighted by Crippen LogP contribution is -2.45. The molecular formula is C23H26N4O4. The zero-order valence-electron chi connectivity index (χ0n) is 18.1. The summed E-state index contributed by atoms with van der Waals surface area (Å²) in [6.45, 7) is 6.69. The Hall–Kier alpha value is -3.13. The maximum atomic E-state index is 12.9. The van der Waals surface area contributed by atoms with Crippen molar-refractivity contribution in [3.8, 4) is 11.6 Å². The van der Waals surface area contributed by atoms with Crippen molar-refractivity contribution >= 4 is 17.4 Å². The van der Waals surface area contributed by atoms with Crippen molar-refractivity contribution in [2.75, 3.05) is 19.0 Å². The fourth-order valence-electron chi connectivity index (χ4n) is 4.76. The van der Waals surface area contributed by atoms with Gasteiger partial charge in [0.2, 0.25) is 5.65 Å². The van der Waals surface area contributed by atoms with Crippen LogP contribution in [0.5, 0.6) is 11.6 Å². The largest absolute Gasteiger partial charge is 0.496 e. The molecule has 1 aromatic carbocycles. The molecule has 0 unspecified atom stereocenters. The number of rotatable bonds is 6. The van der Waals surface area contributed by atoms with Crippen molar-refractivity contribution in [1.29, 1.82) is 0 Å². The van der Waals surface area contributed by atoms with Gasteiger partial charge in [-0.1, -0.05) is 12.1 Å². The van der Waals surface area contributed by atoms with Gasteiger partial charge < -0.3 is 19.5 Å². The molecule has 1 N–H and O–H groups in total. The van der Waals surface area contributed by atoms with E-state index in [1.54, 1.807) is 24.4 Å². The number of aromatic nitrogens is 3. The first-order chi connectivity index (χ1) is 14.8. The number of carbonyl (C=O) groups excluding carboxylic acids is 1. The Morgan fingerprint density at radius 1 is 1.23 bits per heavy atom. The Morgan fingerprint density at radius 2 is 2.00 bits per heavy atom. The van der Waals surface area contributed by atoms with Gasteiger partial charge in [0.25, 0.3) is 11.8 Å². The number of nitrogens with one attached hydrogen (secondary N) is 1. The molecule has 162 valence electrons. The molecule has 8 heteroatoms. The second-order valence-corrected chi connectivity index (χ2v) is 8.98. The number of nitrogens with zero attached hydrogens (tertiary/aromatic N) is 3. The SMILES string of the molecule is COc1ccccc1C(=O)Nc1cn2cc(C34COC(C)(C3)C4)nc2c(OC(C)C)n1. The normalized spacial score (nSPS) is 24.3. The lowest BCUT2D eigenvalue weighted by molar-refractivity contribution is 0.0154.